The van der Waals surface area contributed by atoms with E-state index in [0.717, 1.165) is 45.0 Å². The fourth-order valence-electron chi connectivity index (χ4n) is 3.72. The molecule has 0 saturated heterocycles. The lowest BCUT2D eigenvalue weighted by Crippen LogP contribution is -2.34. The number of hydrogen-bond acceptors (Lipinski definition) is 5. The van der Waals surface area contributed by atoms with Crippen molar-refractivity contribution in [2.24, 2.45) is 0 Å². The molecule has 6 heteroatoms. The molecule has 1 aromatic heterocycles. The number of allylic oxidation sites excluding steroid dienone is 1. The van der Waals surface area contributed by atoms with E-state index in [1.165, 1.54) is 0 Å². The minimum atomic E-state index is -0.171. The number of nitrogens with zero attached hydrogens (tertiary/aromatic N) is 2. The second-order valence-electron chi connectivity index (χ2n) is 6.57. The predicted octanol–water partition coefficient (Wildman–Crippen LogP) is 5.02. The minimum Gasteiger partial charge on any atom is -0.299 e. The maximum atomic E-state index is 12.7. The number of carbonyl (C=O) groups is 1. The van der Waals surface area contributed by atoms with E-state index in [-0.39, 0.29) is 11.8 Å². The van der Waals surface area contributed by atoms with Crippen molar-refractivity contribution < 1.29 is 4.79 Å². The Labute approximate surface area is 160 Å². The van der Waals surface area contributed by atoms with Crippen LogP contribution in [0.4, 0.5) is 5.13 Å². The van der Waals surface area contributed by atoms with Crippen molar-refractivity contribution in [2.45, 2.75) is 25.3 Å². The number of hydrazine groups is 1. The van der Waals surface area contributed by atoms with Gasteiger partial charge in [-0.15, -0.1) is 0 Å². The van der Waals surface area contributed by atoms with Gasteiger partial charge in [-0.05, 0) is 42.7 Å². The number of aromatic nitrogens is 1. The zero-order chi connectivity index (χ0) is 17.7. The van der Waals surface area contributed by atoms with E-state index in [1.54, 1.807) is 11.3 Å². The van der Waals surface area contributed by atoms with E-state index in [4.69, 9.17) is 16.6 Å². The molecule has 1 N–H and O–H groups in total. The van der Waals surface area contributed by atoms with Gasteiger partial charge in [0.15, 0.2) is 5.78 Å². The molecule has 4 nitrogen and oxygen atoms in total. The van der Waals surface area contributed by atoms with Gasteiger partial charge in [0.2, 0.25) is 5.13 Å². The molecule has 0 radical (unpaired) electrons. The first-order valence-electron chi connectivity index (χ1n) is 8.64. The summed E-state index contributed by atoms with van der Waals surface area (Å²) < 4.78 is 1.13. The molecule has 0 bridgehead atoms. The predicted molar refractivity (Wildman–Crippen MR) is 105 cm³/mol. The van der Waals surface area contributed by atoms with Gasteiger partial charge < -0.3 is 0 Å². The third-order valence-electron chi connectivity index (χ3n) is 4.92. The first kappa shape index (κ1) is 15.9. The van der Waals surface area contributed by atoms with Gasteiger partial charge in [-0.2, -0.15) is 0 Å². The average molecular weight is 382 g/mol. The van der Waals surface area contributed by atoms with Crippen LogP contribution in [-0.4, -0.2) is 10.8 Å². The highest BCUT2D eigenvalue weighted by Crippen LogP contribution is 2.43. The van der Waals surface area contributed by atoms with Crippen LogP contribution >= 0.6 is 22.9 Å². The molecule has 0 spiro atoms. The van der Waals surface area contributed by atoms with Crippen molar-refractivity contribution in [3.05, 3.63) is 70.4 Å². The van der Waals surface area contributed by atoms with Crippen molar-refractivity contribution in [3.63, 3.8) is 0 Å². The molecule has 26 heavy (non-hydrogen) atoms. The molecule has 2 heterocycles. The molecule has 0 amide bonds. The Kier molecular flexibility index (Phi) is 3.72. The summed E-state index contributed by atoms with van der Waals surface area (Å²) in [5.74, 6) is 0.224. The fourth-order valence-corrected chi connectivity index (χ4v) is 4.80. The Morgan fingerprint density at radius 2 is 1.92 bits per heavy atom. The monoisotopic (exact) mass is 381 g/mol. The Morgan fingerprint density at radius 3 is 2.73 bits per heavy atom. The third kappa shape index (κ3) is 2.50. The standard InChI is InChI=1S/C20H16ClN3OS/c21-13-10-8-12(9-11-13)19-18-15(5-3-6-16(18)25)23-24(19)20-22-14-4-1-2-7-17(14)26-20/h1-2,4,7-11,19,23H,3,5-6H2/t19-/m0/s1. The summed E-state index contributed by atoms with van der Waals surface area (Å²) in [5.41, 5.74) is 7.39. The molecule has 0 saturated carbocycles. The largest absolute Gasteiger partial charge is 0.299 e. The molecule has 1 atom stereocenters. The first-order chi connectivity index (χ1) is 12.7. The van der Waals surface area contributed by atoms with Gasteiger partial charge in [0.25, 0.3) is 0 Å². The lowest BCUT2D eigenvalue weighted by molar-refractivity contribution is -0.116. The van der Waals surface area contributed by atoms with Crippen LogP contribution in [0.2, 0.25) is 5.02 Å². The van der Waals surface area contributed by atoms with E-state index < -0.39 is 0 Å². The highest BCUT2D eigenvalue weighted by Gasteiger charge is 2.40. The zero-order valence-corrected chi connectivity index (χ0v) is 15.5. The molecular formula is C20H16ClN3OS. The summed E-state index contributed by atoms with van der Waals surface area (Å²) in [5, 5.41) is 3.60. The summed E-state index contributed by atoms with van der Waals surface area (Å²) in [7, 11) is 0. The van der Waals surface area contributed by atoms with Gasteiger partial charge in [0.05, 0.1) is 10.2 Å². The SMILES string of the molecule is O=C1CCCC2=C1[C@H](c1ccc(Cl)cc1)N(c1nc3ccccc3s1)N2. The Morgan fingerprint density at radius 1 is 1.12 bits per heavy atom. The molecule has 130 valence electrons. The van der Waals surface area contributed by atoms with Crippen LogP contribution in [0.25, 0.3) is 10.2 Å². The second kappa shape index (κ2) is 6.11. The number of anilines is 1. The maximum absolute atomic E-state index is 12.7. The van der Waals surface area contributed by atoms with Crippen LogP contribution in [0.15, 0.2) is 59.8 Å². The van der Waals surface area contributed by atoms with E-state index >= 15 is 0 Å². The number of thiazole rings is 1. The quantitative estimate of drug-likeness (QED) is 0.676. The summed E-state index contributed by atoms with van der Waals surface area (Å²) in [6, 6.07) is 15.7. The summed E-state index contributed by atoms with van der Waals surface area (Å²) in [6.07, 6.45) is 2.40. The van der Waals surface area contributed by atoms with Crippen LogP contribution in [0, 0.1) is 0 Å². The molecule has 2 aromatic carbocycles. The van der Waals surface area contributed by atoms with Crippen LogP contribution in [0.3, 0.4) is 0 Å². The van der Waals surface area contributed by atoms with Crippen molar-refractivity contribution in [1.29, 1.82) is 0 Å². The van der Waals surface area contributed by atoms with Gasteiger partial charge in [-0.1, -0.05) is 47.2 Å². The lowest BCUT2D eigenvalue weighted by atomic mass is 9.88. The molecule has 1 aliphatic carbocycles. The average Bonchev–Trinajstić information content (AvgIpc) is 3.24. The third-order valence-corrected chi connectivity index (χ3v) is 6.21. The summed E-state index contributed by atoms with van der Waals surface area (Å²) >= 11 is 7.70. The van der Waals surface area contributed by atoms with E-state index in [0.29, 0.717) is 11.4 Å². The van der Waals surface area contributed by atoms with E-state index in [2.05, 4.69) is 11.5 Å². The zero-order valence-electron chi connectivity index (χ0n) is 13.9. The number of ketones is 1. The van der Waals surface area contributed by atoms with Gasteiger partial charge in [0, 0.05) is 22.7 Å². The number of para-hydroxylation sites is 1. The number of benzene rings is 2. The fraction of sp³-hybridized carbons (Fsp3) is 0.200. The van der Waals surface area contributed by atoms with Crippen molar-refractivity contribution in [1.82, 2.24) is 10.4 Å². The number of fused-ring (bicyclic) bond motifs is 1. The number of Topliss-reactive ketones (excluding diaryl/α,β-unsaturated/α-hetero) is 1. The minimum absolute atomic E-state index is 0.171. The van der Waals surface area contributed by atoms with Gasteiger partial charge in [-0.25, -0.2) is 9.99 Å². The highest BCUT2D eigenvalue weighted by molar-refractivity contribution is 7.22. The first-order valence-corrected chi connectivity index (χ1v) is 9.83. The Balaban J connectivity index is 1.64. The molecular weight excluding hydrogens is 366 g/mol. The molecule has 5 rings (SSSR count). The van der Waals surface area contributed by atoms with Crippen molar-refractivity contribution >= 4 is 44.1 Å². The van der Waals surface area contributed by atoms with Crippen LogP contribution in [-0.2, 0) is 4.79 Å². The number of hydrogen-bond donors (Lipinski definition) is 1. The Bertz CT molecular complexity index is 1010. The second-order valence-corrected chi connectivity index (χ2v) is 8.01. The topological polar surface area (TPSA) is 45.2 Å². The van der Waals surface area contributed by atoms with Gasteiger partial charge >= 0.3 is 0 Å². The smallest absolute Gasteiger partial charge is 0.206 e. The molecule has 0 unspecified atom stereocenters. The summed E-state index contributed by atoms with van der Waals surface area (Å²) in [4.78, 5) is 17.5. The summed E-state index contributed by atoms with van der Waals surface area (Å²) in [6.45, 7) is 0. The maximum Gasteiger partial charge on any atom is 0.206 e. The number of carbonyl (C=O) groups excluding carboxylic acids is 1. The molecule has 3 aromatic rings. The van der Waals surface area contributed by atoms with E-state index in [9.17, 15) is 4.79 Å². The number of rotatable bonds is 2. The lowest BCUT2D eigenvalue weighted by Gasteiger charge is -2.26. The Hall–Kier alpha value is -2.37. The van der Waals surface area contributed by atoms with Gasteiger partial charge in [-0.3, -0.25) is 10.2 Å². The molecule has 1 aliphatic heterocycles. The van der Waals surface area contributed by atoms with Gasteiger partial charge in [0.1, 0.15) is 6.04 Å². The van der Waals surface area contributed by atoms with Crippen LogP contribution < -0.4 is 10.4 Å². The van der Waals surface area contributed by atoms with E-state index in [1.807, 2.05) is 47.5 Å². The molecule has 0 fully saturated rings. The number of halogens is 1. The van der Waals surface area contributed by atoms with Crippen molar-refractivity contribution in [3.8, 4) is 0 Å². The molecule has 2 aliphatic rings. The van der Waals surface area contributed by atoms with Crippen LogP contribution in [0.5, 0.6) is 0 Å². The highest BCUT2D eigenvalue weighted by atomic mass is 35.5. The normalized spacial score (nSPS) is 19.8. The van der Waals surface area contributed by atoms with Crippen molar-refractivity contribution in [2.75, 3.05) is 5.01 Å². The van der Waals surface area contributed by atoms with Crippen LogP contribution in [0.1, 0.15) is 30.9 Å². The number of nitrogens with one attached hydrogen (secondary N) is 1.